The molecule has 0 nitrogen and oxygen atoms in total. The van der Waals surface area contributed by atoms with Crippen LogP contribution < -0.4 is 0 Å². The Kier molecular flexibility index (Phi) is 1.42. The topological polar surface area (TPSA) is 0 Å². The van der Waals surface area contributed by atoms with Crippen molar-refractivity contribution in [3.05, 3.63) is 11.1 Å². The van der Waals surface area contributed by atoms with Crippen molar-refractivity contribution in [2.75, 3.05) is 0 Å². The summed E-state index contributed by atoms with van der Waals surface area (Å²) in [7, 11) is 0. The van der Waals surface area contributed by atoms with Gasteiger partial charge in [-0.05, 0) is 31.1 Å². The van der Waals surface area contributed by atoms with Crippen LogP contribution in [0.2, 0.25) is 0 Å². The summed E-state index contributed by atoms with van der Waals surface area (Å²) < 4.78 is 0. The van der Waals surface area contributed by atoms with E-state index in [1.165, 1.54) is 18.4 Å². The number of rotatable bonds is 0. The Bertz CT molecular complexity index is 225. The van der Waals surface area contributed by atoms with Crippen molar-refractivity contribution in [2.24, 2.45) is 11.3 Å². The van der Waals surface area contributed by atoms with E-state index >= 15 is 0 Å². The second kappa shape index (κ2) is 2.04. The SMILES string of the molecule is CC1=C2CC(CC1Cl)C2(C)C. The smallest absolute Gasteiger partial charge is 0.0548 e. The monoisotopic (exact) mass is 170 g/mol. The molecule has 62 valence electrons. The Morgan fingerprint density at radius 2 is 2.09 bits per heavy atom. The van der Waals surface area contributed by atoms with Gasteiger partial charge in [-0.2, -0.15) is 0 Å². The molecular weight excluding hydrogens is 156 g/mol. The van der Waals surface area contributed by atoms with Crippen molar-refractivity contribution in [3.63, 3.8) is 0 Å². The summed E-state index contributed by atoms with van der Waals surface area (Å²) in [6.07, 6.45) is 2.52. The van der Waals surface area contributed by atoms with Gasteiger partial charge in [-0.15, -0.1) is 11.6 Å². The van der Waals surface area contributed by atoms with Gasteiger partial charge in [0, 0.05) is 0 Å². The number of hydrogen-bond acceptors (Lipinski definition) is 0. The fraction of sp³-hybridized carbons (Fsp3) is 0.800. The van der Waals surface area contributed by atoms with Crippen molar-refractivity contribution < 1.29 is 0 Å². The first-order chi connectivity index (χ1) is 5.03. The molecule has 2 unspecified atom stereocenters. The first-order valence-corrected chi connectivity index (χ1v) is 4.81. The summed E-state index contributed by atoms with van der Waals surface area (Å²) in [6, 6.07) is 0. The van der Waals surface area contributed by atoms with Gasteiger partial charge in [-0.25, -0.2) is 0 Å². The van der Waals surface area contributed by atoms with Crippen LogP contribution in [0.3, 0.4) is 0 Å². The first-order valence-electron chi connectivity index (χ1n) is 4.37. The van der Waals surface area contributed by atoms with Gasteiger partial charge in [0.2, 0.25) is 0 Å². The molecule has 0 amide bonds. The quantitative estimate of drug-likeness (QED) is 0.386. The molecule has 1 saturated carbocycles. The molecule has 0 saturated heterocycles. The normalized spacial score (nSPS) is 40.4. The molecule has 0 aliphatic heterocycles. The van der Waals surface area contributed by atoms with Crippen LogP contribution in [0.25, 0.3) is 0 Å². The van der Waals surface area contributed by atoms with E-state index in [0.717, 1.165) is 5.92 Å². The van der Waals surface area contributed by atoms with Crippen LogP contribution in [0.15, 0.2) is 11.1 Å². The molecule has 2 bridgehead atoms. The van der Waals surface area contributed by atoms with E-state index in [1.54, 1.807) is 5.57 Å². The Hall–Kier alpha value is 0.0300. The molecule has 0 heterocycles. The predicted molar refractivity (Wildman–Crippen MR) is 48.8 cm³/mol. The Morgan fingerprint density at radius 3 is 2.45 bits per heavy atom. The molecule has 1 fully saturated rings. The van der Waals surface area contributed by atoms with E-state index in [4.69, 9.17) is 11.6 Å². The van der Waals surface area contributed by atoms with E-state index < -0.39 is 0 Å². The molecule has 0 aromatic heterocycles. The highest BCUT2D eigenvalue weighted by atomic mass is 35.5. The fourth-order valence-electron chi connectivity index (χ4n) is 2.54. The van der Waals surface area contributed by atoms with E-state index in [9.17, 15) is 0 Å². The maximum Gasteiger partial charge on any atom is 0.0548 e. The lowest BCUT2D eigenvalue weighted by Gasteiger charge is -2.54. The number of halogens is 1. The first kappa shape index (κ1) is 7.67. The van der Waals surface area contributed by atoms with Crippen molar-refractivity contribution >= 4 is 11.6 Å². The van der Waals surface area contributed by atoms with E-state index in [2.05, 4.69) is 20.8 Å². The molecule has 0 N–H and O–H groups in total. The zero-order chi connectivity index (χ0) is 8.22. The number of hydrogen-bond donors (Lipinski definition) is 0. The van der Waals surface area contributed by atoms with Gasteiger partial charge >= 0.3 is 0 Å². The number of allylic oxidation sites excluding steroid dienone is 2. The Balaban J connectivity index is 2.40. The van der Waals surface area contributed by atoms with E-state index in [-0.39, 0.29) is 0 Å². The highest BCUT2D eigenvalue weighted by Gasteiger charge is 2.48. The molecule has 2 atom stereocenters. The van der Waals surface area contributed by atoms with Crippen LogP contribution >= 0.6 is 11.6 Å². The molecule has 0 aromatic carbocycles. The maximum absolute atomic E-state index is 6.16. The lowest BCUT2D eigenvalue weighted by Crippen LogP contribution is -2.44. The second-order valence-electron chi connectivity index (χ2n) is 4.49. The van der Waals surface area contributed by atoms with Gasteiger partial charge in [0.05, 0.1) is 5.38 Å². The lowest BCUT2D eigenvalue weighted by atomic mass is 9.52. The standard InChI is InChI=1S/C10H15Cl/c1-6-8-4-7(5-9(6)11)10(8,2)3/h7,9H,4-5H2,1-3H3. The van der Waals surface area contributed by atoms with Gasteiger partial charge in [-0.1, -0.05) is 25.0 Å². The number of alkyl halides is 1. The van der Waals surface area contributed by atoms with Gasteiger partial charge < -0.3 is 0 Å². The zero-order valence-electron chi connectivity index (χ0n) is 7.45. The third kappa shape index (κ3) is 0.823. The van der Waals surface area contributed by atoms with Crippen molar-refractivity contribution in [1.82, 2.24) is 0 Å². The predicted octanol–water partition coefficient (Wildman–Crippen LogP) is 3.36. The second-order valence-corrected chi connectivity index (χ2v) is 5.01. The molecule has 0 radical (unpaired) electrons. The molecule has 3 rings (SSSR count). The molecule has 1 heteroatoms. The van der Waals surface area contributed by atoms with Crippen LogP contribution in [0, 0.1) is 11.3 Å². The lowest BCUT2D eigenvalue weighted by molar-refractivity contribution is 0.135. The average molecular weight is 171 g/mol. The van der Waals surface area contributed by atoms with Crippen molar-refractivity contribution in [1.29, 1.82) is 0 Å². The number of fused-ring (bicyclic) bond motifs is 2. The fourth-order valence-corrected chi connectivity index (χ4v) is 2.89. The minimum Gasteiger partial charge on any atom is -0.118 e. The summed E-state index contributed by atoms with van der Waals surface area (Å²) in [6.45, 7) is 6.90. The molecule has 0 spiro atoms. The highest BCUT2D eigenvalue weighted by Crippen LogP contribution is 2.59. The van der Waals surface area contributed by atoms with Crippen LogP contribution in [0.1, 0.15) is 33.6 Å². The zero-order valence-corrected chi connectivity index (χ0v) is 8.20. The van der Waals surface area contributed by atoms with Crippen LogP contribution in [-0.4, -0.2) is 5.38 Å². The molecule has 11 heavy (non-hydrogen) atoms. The van der Waals surface area contributed by atoms with Gasteiger partial charge in [0.25, 0.3) is 0 Å². The van der Waals surface area contributed by atoms with Crippen molar-refractivity contribution in [3.8, 4) is 0 Å². The summed E-state index contributed by atoms with van der Waals surface area (Å²) in [5, 5.41) is 0.344. The van der Waals surface area contributed by atoms with Crippen LogP contribution in [0.5, 0.6) is 0 Å². The van der Waals surface area contributed by atoms with Gasteiger partial charge in [-0.3, -0.25) is 0 Å². The summed E-state index contributed by atoms with van der Waals surface area (Å²) in [4.78, 5) is 0. The summed E-state index contributed by atoms with van der Waals surface area (Å²) in [5.41, 5.74) is 3.57. The third-order valence-corrected chi connectivity index (χ3v) is 4.19. The Labute approximate surface area is 73.6 Å². The molecule has 3 aliphatic rings. The van der Waals surface area contributed by atoms with E-state index in [0.29, 0.717) is 10.8 Å². The molecular formula is C10H15Cl. The maximum atomic E-state index is 6.16. The highest BCUT2D eigenvalue weighted by molar-refractivity contribution is 6.22. The summed E-state index contributed by atoms with van der Waals surface area (Å²) in [5.74, 6) is 0.865. The molecule has 0 aromatic rings. The third-order valence-electron chi connectivity index (χ3n) is 3.69. The minimum absolute atomic E-state index is 0.344. The van der Waals surface area contributed by atoms with Gasteiger partial charge in [0.1, 0.15) is 0 Å². The van der Waals surface area contributed by atoms with Crippen LogP contribution in [0.4, 0.5) is 0 Å². The van der Waals surface area contributed by atoms with E-state index in [1.807, 2.05) is 0 Å². The largest absolute Gasteiger partial charge is 0.118 e. The van der Waals surface area contributed by atoms with Crippen molar-refractivity contribution in [2.45, 2.75) is 39.0 Å². The Morgan fingerprint density at radius 1 is 1.45 bits per heavy atom. The van der Waals surface area contributed by atoms with Gasteiger partial charge in [0.15, 0.2) is 0 Å². The average Bonchev–Trinajstić information content (AvgIpc) is 1.93. The summed E-state index contributed by atoms with van der Waals surface area (Å²) >= 11 is 6.16. The minimum atomic E-state index is 0.344. The molecule has 3 aliphatic carbocycles. The van der Waals surface area contributed by atoms with Crippen LogP contribution in [-0.2, 0) is 0 Å².